The van der Waals surface area contributed by atoms with E-state index in [1.807, 2.05) is 24.3 Å². The highest BCUT2D eigenvalue weighted by molar-refractivity contribution is 8.01. The fourth-order valence-corrected chi connectivity index (χ4v) is 4.39. The van der Waals surface area contributed by atoms with Crippen molar-refractivity contribution in [1.82, 2.24) is 0 Å². The van der Waals surface area contributed by atoms with Crippen molar-refractivity contribution >= 4 is 41.0 Å². The van der Waals surface area contributed by atoms with Crippen molar-refractivity contribution in [3.63, 3.8) is 0 Å². The molecule has 2 amide bonds. The van der Waals surface area contributed by atoms with Crippen LogP contribution in [0.1, 0.15) is 5.56 Å². The summed E-state index contributed by atoms with van der Waals surface area (Å²) < 4.78 is 26.7. The van der Waals surface area contributed by atoms with Crippen LogP contribution in [0, 0.1) is 5.82 Å². The minimum Gasteiger partial charge on any atom is -0.497 e. The Morgan fingerprint density at radius 3 is 2.37 bits per heavy atom. The van der Waals surface area contributed by atoms with Crippen molar-refractivity contribution in [3.05, 3.63) is 77.1 Å². The fourth-order valence-electron chi connectivity index (χ4n) is 3.17. The molecule has 0 radical (unpaired) electrons. The lowest BCUT2D eigenvalue weighted by Crippen LogP contribution is -2.43. The molecule has 0 fully saturated rings. The van der Waals surface area contributed by atoms with Gasteiger partial charge >= 0.3 is 6.03 Å². The van der Waals surface area contributed by atoms with E-state index in [4.69, 9.17) is 21.1 Å². The van der Waals surface area contributed by atoms with Gasteiger partial charge in [-0.05, 0) is 36.2 Å². The van der Waals surface area contributed by atoms with Gasteiger partial charge in [0, 0.05) is 28.8 Å². The van der Waals surface area contributed by atoms with Crippen molar-refractivity contribution in [1.29, 1.82) is 0 Å². The lowest BCUT2D eigenvalue weighted by atomic mass is 10.1. The second-order valence-electron chi connectivity index (χ2n) is 6.49. The molecular formula is C22H18ClFN2O3S. The predicted octanol–water partition coefficient (Wildman–Crippen LogP) is 6.15. The summed E-state index contributed by atoms with van der Waals surface area (Å²) in [6.45, 7) is -0.000479. The number of hydrogen-bond acceptors (Lipinski definition) is 4. The maximum atomic E-state index is 14.5. The quantitative estimate of drug-likeness (QED) is 0.442. The van der Waals surface area contributed by atoms with Crippen LogP contribution in [0.25, 0.3) is 0 Å². The number of carbonyl (C=O) groups is 1. The molecule has 0 aromatic heterocycles. The van der Waals surface area contributed by atoms with Gasteiger partial charge < -0.3 is 9.47 Å². The first-order valence-corrected chi connectivity index (χ1v) is 10.2. The first-order valence-electron chi connectivity index (χ1n) is 9.06. The lowest BCUT2D eigenvalue weighted by Gasteiger charge is -2.36. The Labute approximate surface area is 183 Å². The molecule has 0 saturated heterocycles. The van der Waals surface area contributed by atoms with E-state index in [1.54, 1.807) is 38.5 Å². The summed E-state index contributed by atoms with van der Waals surface area (Å²) in [6, 6.07) is 16.9. The van der Waals surface area contributed by atoms with Gasteiger partial charge in [-0.25, -0.2) is 13.5 Å². The van der Waals surface area contributed by atoms with Crippen LogP contribution in [-0.2, 0) is 6.54 Å². The van der Waals surface area contributed by atoms with Crippen LogP contribution in [0.15, 0.2) is 65.6 Å². The number of para-hydroxylation sites is 1. The largest absolute Gasteiger partial charge is 0.497 e. The number of nitrogens with zero attached hydrogens (tertiary/aromatic N) is 2. The van der Waals surface area contributed by atoms with E-state index < -0.39 is 5.82 Å². The summed E-state index contributed by atoms with van der Waals surface area (Å²) in [5, 5.41) is 0.271. The van der Waals surface area contributed by atoms with E-state index in [2.05, 4.69) is 0 Å². The summed E-state index contributed by atoms with van der Waals surface area (Å²) in [7, 11) is 3.09. The van der Waals surface area contributed by atoms with E-state index in [1.165, 1.54) is 33.3 Å². The normalized spacial score (nSPS) is 13.3. The van der Waals surface area contributed by atoms with Crippen LogP contribution in [0.2, 0.25) is 5.02 Å². The summed E-state index contributed by atoms with van der Waals surface area (Å²) in [4.78, 5) is 15.9. The van der Waals surface area contributed by atoms with Crippen LogP contribution < -0.4 is 18.7 Å². The average molecular weight is 445 g/mol. The molecule has 0 unspecified atom stereocenters. The summed E-state index contributed by atoms with van der Waals surface area (Å²) in [6.07, 6.45) is 0. The molecule has 0 N–H and O–H groups in total. The average Bonchev–Trinajstić information content (AvgIpc) is 2.77. The van der Waals surface area contributed by atoms with Gasteiger partial charge in [-0.1, -0.05) is 29.8 Å². The number of amides is 2. The summed E-state index contributed by atoms with van der Waals surface area (Å²) in [5.74, 6) is 0.654. The van der Waals surface area contributed by atoms with Crippen LogP contribution in [0.5, 0.6) is 11.5 Å². The molecule has 0 atom stereocenters. The third-order valence-corrected chi connectivity index (χ3v) is 6.14. The van der Waals surface area contributed by atoms with Gasteiger partial charge in [-0.2, -0.15) is 0 Å². The molecule has 3 aromatic carbocycles. The molecule has 30 heavy (non-hydrogen) atoms. The molecule has 0 spiro atoms. The summed E-state index contributed by atoms with van der Waals surface area (Å²) >= 11 is 7.51. The molecular weight excluding hydrogens is 427 g/mol. The van der Waals surface area contributed by atoms with Crippen LogP contribution in [0.4, 0.5) is 20.6 Å². The highest BCUT2D eigenvalue weighted by Crippen LogP contribution is 2.44. The minimum absolute atomic E-state index is 0.000479. The Hall–Kier alpha value is -2.90. The Bertz CT molecular complexity index is 1070. The molecule has 3 aromatic rings. The third kappa shape index (κ3) is 3.78. The first kappa shape index (κ1) is 20.4. The zero-order valence-corrected chi connectivity index (χ0v) is 17.8. The van der Waals surface area contributed by atoms with Crippen molar-refractivity contribution in [2.75, 3.05) is 23.4 Å². The second-order valence-corrected chi connectivity index (χ2v) is 7.89. The zero-order chi connectivity index (χ0) is 21.3. The number of urea groups is 1. The smallest absolute Gasteiger partial charge is 0.339 e. The molecule has 0 saturated carbocycles. The van der Waals surface area contributed by atoms with Gasteiger partial charge in [0.25, 0.3) is 0 Å². The number of fused-ring (bicyclic) bond motifs is 1. The molecule has 5 nitrogen and oxygen atoms in total. The molecule has 8 heteroatoms. The topological polar surface area (TPSA) is 42.0 Å². The van der Waals surface area contributed by atoms with Crippen molar-refractivity contribution < 1.29 is 18.7 Å². The number of rotatable bonds is 5. The lowest BCUT2D eigenvalue weighted by molar-refractivity contribution is 0.254. The van der Waals surface area contributed by atoms with E-state index in [-0.39, 0.29) is 23.2 Å². The SMILES string of the molecule is COc1cc(OC)cc(N2Sc3ccccc3N(Cc3c(F)cccc3Cl)C2=O)c1. The van der Waals surface area contributed by atoms with Crippen LogP contribution in [-0.4, -0.2) is 20.3 Å². The van der Waals surface area contributed by atoms with E-state index in [0.717, 1.165) is 4.90 Å². The van der Waals surface area contributed by atoms with Gasteiger partial charge in [0.15, 0.2) is 0 Å². The number of anilines is 2. The van der Waals surface area contributed by atoms with Gasteiger partial charge in [-0.15, -0.1) is 0 Å². The molecule has 154 valence electrons. The minimum atomic E-state index is -0.458. The van der Waals surface area contributed by atoms with Gasteiger partial charge in [-0.3, -0.25) is 4.90 Å². The predicted molar refractivity (Wildman–Crippen MR) is 117 cm³/mol. The highest BCUT2D eigenvalue weighted by Gasteiger charge is 2.33. The zero-order valence-electron chi connectivity index (χ0n) is 16.3. The highest BCUT2D eigenvalue weighted by atomic mass is 35.5. The monoisotopic (exact) mass is 444 g/mol. The molecule has 0 bridgehead atoms. The summed E-state index contributed by atoms with van der Waals surface area (Å²) in [5.41, 5.74) is 1.54. The number of methoxy groups -OCH3 is 2. The number of carbonyl (C=O) groups excluding carboxylic acids is 1. The van der Waals surface area contributed by atoms with Crippen molar-refractivity contribution in [2.45, 2.75) is 11.4 Å². The first-order chi connectivity index (χ1) is 14.5. The van der Waals surface area contributed by atoms with Crippen molar-refractivity contribution in [2.24, 2.45) is 0 Å². The Morgan fingerprint density at radius 1 is 1.00 bits per heavy atom. The number of halogens is 2. The Kier molecular flexibility index (Phi) is 5.74. The maximum absolute atomic E-state index is 14.5. The number of benzene rings is 3. The van der Waals surface area contributed by atoms with E-state index in [9.17, 15) is 9.18 Å². The maximum Gasteiger partial charge on any atom is 0.339 e. The molecule has 1 aliphatic heterocycles. The Balaban J connectivity index is 1.79. The van der Waals surface area contributed by atoms with Crippen molar-refractivity contribution in [3.8, 4) is 11.5 Å². The van der Waals surface area contributed by atoms with Crippen LogP contribution >= 0.6 is 23.5 Å². The molecule has 0 aliphatic carbocycles. The van der Waals surface area contributed by atoms with Gasteiger partial charge in [0.2, 0.25) is 0 Å². The van der Waals surface area contributed by atoms with Gasteiger partial charge in [0.1, 0.15) is 17.3 Å². The standard InChI is InChI=1S/C22H18ClFN2O3S/c1-28-15-10-14(11-16(12-15)29-2)26-22(27)25(20-8-3-4-9-21(20)30-26)13-17-18(23)6-5-7-19(17)24/h3-12H,13H2,1-2H3. The second kappa shape index (κ2) is 8.45. The van der Waals surface area contributed by atoms with Gasteiger partial charge in [0.05, 0.1) is 37.0 Å². The molecule has 4 rings (SSSR count). The fraction of sp³-hybridized carbons (Fsp3) is 0.136. The number of ether oxygens (including phenoxy) is 2. The molecule has 1 aliphatic rings. The van der Waals surface area contributed by atoms with E-state index in [0.29, 0.717) is 22.9 Å². The number of hydrogen-bond donors (Lipinski definition) is 0. The van der Waals surface area contributed by atoms with Crippen LogP contribution in [0.3, 0.4) is 0 Å². The Morgan fingerprint density at radius 2 is 1.70 bits per heavy atom. The molecule has 1 heterocycles. The third-order valence-electron chi connectivity index (χ3n) is 4.70. The van der Waals surface area contributed by atoms with E-state index >= 15 is 0 Å².